The number of fused-ring (bicyclic) bond motifs is 1. The van der Waals surface area contributed by atoms with Crippen molar-refractivity contribution in [1.29, 1.82) is 0 Å². The van der Waals surface area contributed by atoms with E-state index in [0.717, 1.165) is 5.39 Å². The van der Waals surface area contributed by atoms with Crippen LogP contribution in [-0.4, -0.2) is 38.7 Å². The van der Waals surface area contributed by atoms with Crippen molar-refractivity contribution in [3.8, 4) is 0 Å². The largest absolute Gasteiger partial charge is 0.450 e. The van der Waals surface area contributed by atoms with Gasteiger partial charge in [-0.3, -0.25) is 4.79 Å². The topological polar surface area (TPSA) is 77.8 Å². The first-order valence-electron chi connectivity index (χ1n) is 6.65. The number of esters is 1. The van der Waals surface area contributed by atoms with Gasteiger partial charge in [0.15, 0.2) is 12.2 Å². The van der Waals surface area contributed by atoms with Crippen LogP contribution in [-0.2, 0) is 14.3 Å². The quantitative estimate of drug-likeness (QED) is 0.651. The number of methoxy groups -OCH3 is 1. The van der Waals surface area contributed by atoms with E-state index < -0.39 is 11.9 Å². The fraction of sp³-hybridized carbons (Fsp3) is 0.333. The molecular weight excluding hydrogens is 310 g/mol. The third-order valence-electron chi connectivity index (χ3n) is 3.06. The van der Waals surface area contributed by atoms with Crippen LogP contribution in [0.25, 0.3) is 11.0 Å². The Morgan fingerprint density at radius 2 is 2.14 bits per heavy atom. The van der Waals surface area contributed by atoms with E-state index in [1.807, 2.05) is 0 Å². The second-order valence-corrected chi connectivity index (χ2v) is 5.00. The van der Waals surface area contributed by atoms with Crippen LogP contribution in [0.4, 0.5) is 0 Å². The predicted octanol–water partition coefficient (Wildman–Crippen LogP) is 2.31. The van der Waals surface area contributed by atoms with Gasteiger partial charge in [-0.15, -0.1) is 0 Å². The highest BCUT2D eigenvalue weighted by molar-refractivity contribution is 6.35. The lowest BCUT2D eigenvalue weighted by atomic mass is 10.1. The normalized spacial score (nSPS) is 10.7. The zero-order chi connectivity index (χ0) is 16.1. The van der Waals surface area contributed by atoms with Crippen LogP contribution < -0.4 is 5.32 Å². The highest BCUT2D eigenvalue weighted by atomic mass is 35.5. The second kappa shape index (κ2) is 7.29. The smallest absolute Gasteiger partial charge is 0.375 e. The third kappa shape index (κ3) is 3.58. The minimum atomic E-state index is -0.702. The number of aryl methyl sites for hydroxylation is 1. The number of carbonyl (C=O) groups excluding carboxylic acids is 2. The standard InChI is InChI=1S/C15H16ClNO5/c1-9-10-4-3-5-11(16)14(10)22-13(9)15(19)21-8-12(18)17-6-7-20-2/h3-5H,6-8H2,1-2H3,(H,17,18). The van der Waals surface area contributed by atoms with Crippen LogP contribution in [0.1, 0.15) is 16.1 Å². The molecule has 1 aromatic heterocycles. The molecule has 0 aliphatic carbocycles. The molecular formula is C15H16ClNO5. The number of furan rings is 1. The molecule has 0 aliphatic heterocycles. The number of hydrogen-bond acceptors (Lipinski definition) is 5. The molecule has 0 atom stereocenters. The molecule has 1 aromatic carbocycles. The summed E-state index contributed by atoms with van der Waals surface area (Å²) in [4.78, 5) is 23.5. The molecule has 1 N–H and O–H groups in total. The van der Waals surface area contributed by atoms with E-state index in [9.17, 15) is 9.59 Å². The number of nitrogens with one attached hydrogen (secondary N) is 1. The molecule has 0 spiro atoms. The fourth-order valence-corrected chi connectivity index (χ4v) is 2.16. The molecule has 118 valence electrons. The molecule has 0 radical (unpaired) electrons. The van der Waals surface area contributed by atoms with E-state index in [1.54, 1.807) is 25.1 Å². The van der Waals surface area contributed by atoms with Crippen molar-refractivity contribution in [2.75, 3.05) is 26.9 Å². The molecule has 7 heteroatoms. The van der Waals surface area contributed by atoms with E-state index in [-0.39, 0.29) is 12.4 Å². The number of amides is 1. The van der Waals surface area contributed by atoms with Crippen LogP contribution in [0, 0.1) is 6.92 Å². The molecule has 0 fully saturated rings. The highest BCUT2D eigenvalue weighted by Gasteiger charge is 2.21. The average Bonchev–Trinajstić information content (AvgIpc) is 2.84. The molecule has 0 aliphatic rings. The van der Waals surface area contributed by atoms with Gasteiger partial charge in [0.1, 0.15) is 0 Å². The maximum absolute atomic E-state index is 12.0. The Morgan fingerprint density at radius 1 is 1.36 bits per heavy atom. The lowest BCUT2D eigenvalue weighted by Gasteiger charge is -2.05. The van der Waals surface area contributed by atoms with Gasteiger partial charge in [0, 0.05) is 24.6 Å². The van der Waals surface area contributed by atoms with Gasteiger partial charge in [0.05, 0.1) is 11.6 Å². The van der Waals surface area contributed by atoms with E-state index >= 15 is 0 Å². The van der Waals surface area contributed by atoms with Gasteiger partial charge in [-0.05, 0) is 13.0 Å². The van der Waals surface area contributed by atoms with Gasteiger partial charge in [0.25, 0.3) is 5.91 Å². The van der Waals surface area contributed by atoms with Gasteiger partial charge in [-0.1, -0.05) is 23.7 Å². The number of halogens is 1. The van der Waals surface area contributed by atoms with E-state index in [2.05, 4.69) is 5.32 Å². The Labute approximate surface area is 132 Å². The number of para-hydroxylation sites is 1. The van der Waals surface area contributed by atoms with Crippen molar-refractivity contribution < 1.29 is 23.5 Å². The minimum absolute atomic E-state index is 0.0489. The SMILES string of the molecule is COCCNC(=O)COC(=O)c1oc2c(Cl)cccc2c1C. The molecule has 6 nitrogen and oxygen atoms in total. The zero-order valence-corrected chi connectivity index (χ0v) is 13.0. The first-order chi connectivity index (χ1) is 10.5. The Balaban J connectivity index is 2.03. The van der Waals surface area contributed by atoms with Crippen LogP contribution in [0.2, 0.25) is 5.02 Å². The zero-order valence-electron chi connectivity index (χ0n) is 12.3. The predicted molar refractivity (Wildman–Crippen MR) is 81.1 cm³/mol. The Kier molecular flexibility index (Phi) is 5.41. The first-order valence-corrected chi connectivity index (χ1v) is 7.02. The van der Waals surface area contributed by atoms with Crippen molar-refractivity contribution in [2.24, 2.45) is 0 Å². The molecule has 0 saturated carbocycles. The molecule has 0 bridgehead atoms. The number of hydrogen-bond donors (Lipinski definition) is 1. The van der Waals surface area contributed by atoms with Gasteiger partial charge in [-0.2, -0.15) is 0 Å². The molecule has 1 amide bonds. The molecule has 22 heavy (non-hydrogen) atoms. The summed E-state index contributed by atoms with van der Waals surface area (Å²) >= 11 is 6.02. The van der Waals surface area contributed by atoms with Gasteiger partial charge in [-0.25, -0.2) is 4.79 Å². The van der Waals surface area contributed by atoms with Crippen LogP contribution in [0.3, 0.4) is 0 Å². The lowest BCUT2D eigenvalue weighted by Crippen LogP contribution is -2.31. The van der Waals surface area contributed by atoms with Crippen LogP contribution in [0.5, 0.6) is 0 Å². The minimum Gasteiger partial charge on any atom is -0.450 e. The highest BCUT2D eigenvalue weighted by Crippen LogP contribution is 2.30. The summed E-state index contributed by atoms with van der Waals surface area (Å²) < 4.78 is 15.2. The summed E-state index contributed by atoms with van der Waals surface area (Å²) in [6.07, 6.45) is 0. The maximum Gasteiger partial charge on any atom is 0.375 e. The van der Waals surface area contributed by atoms with Crippen LogP contribution >= 0.6 is 11.6 Å². The molecule has 2 aromatic rings. The monoisotopic (exact) mass is 325 g/mol. The number of rotatable bonds is 6. The van der Waals surface area contributed by atoms with Crippen molar-refractivity contribution in [1.82, 2.24) is 5.32 Å². The Morgan fingerprint density at radius 3 is 2.82 bits per heavy atom. The van der Waals surface area contributed by atoms with E-state index in [4.69, 9.17) is 25.5 Å². The van der Waals surface area contributed by atoms with Gasteiger partial charge >= 0.3 is 5.97 Å². The summed E-state index contributed by atoms with van der Waals surface area (Å²) in [5.74, 6) is -1.06. The van der Waals surface area contributed by atoms with Gasteiger partial charge < -0.3 is 19.2 Å². The van der Waals surface area contributed by atoms with Crippen molar-refractivity contribution in [2.45, 2.75) is 6.92 Å². The summed E-state index contributed by atoms with van der Waals surface area (Å²) in [5, 5.41) is 3.70. The molecule has 2 rings (SSSR count). The summed E-state index contributed by atoms with van der Waals surface area (Å²) in [6.45, 7) is 2.09. The van der Waals surface area contributed by atoms with E-state index in [0.29, 0.717) is 29.3 Å². The Hall–Kier alpha value is -2.05. The second-order valence-electron chi connectivity index (χ2n) is 4.59. The van der Waals surface area contributed by atoms with Gasteiger partial charge in [0.2, 0.25) is 5.76 Å². The first kappa shape index (κ1) is 16.3. The van der Waals surface area contributed by atoms with Crippen molar-refractivity contribution in [3.05, 3.63) is 34.5 Å². The number of ether oxygens (including phenoxy) is 2. The molecule has 0 saturated heterocycles. The fourth-order valence-electron chi connectivity index (χ4n) is 1.94. The van der Waals surface area contributed by atoms with Crippen LogP contribution in [0.15, 0.2) is 22.6 Å². The molecule has 0 unspecified atom stereocenters. The average molecular weight is 326 g/mol. The lowest BCUT2D eigenvalue weighted by molar-refractivity contribution is -0.124. The molecule has 1 heterocycles. The summed E-state index contributed by atoms with van der Waals surface area (Å²) in [5.41, 5.74) is 1.06. The summed E-state index contributed by atoms with van der Waals surface area (Å²) in [6, 6.07) is 5.24. The number of carbonyl (C=O) groups is 2. The summed E-state index contributed by atoms with van der Waals surface area (Å²) in [7, 11) is 1.53. The van der Waals surface area contributed by atoms with Crippen molar-refractivity contribution >= 4 is 34.4 Å². The maximum atomic E-state index is 12.0. The van der Waals surface area contributed by atoms with E-state index in [1.165, 1.54) is 7.11 Å². The van der Waals surface area contributed by atoms with Crippen molar-refractivity contribution in [3.63, 3.8) is 0 Å². The third-order valence-corrected chi connectivity index (χ3v) is 3.36. The number of benzene rings is 1. The Bertz CT molecular complexity index is 695.